The van der Waals surface area contributed by atoms with Gasteiger partial charge in [0.25, 0.3) is 0 Å². The third-order valence-electron chi connectivity index (χ3n) is 2.36. The molecule has 0 aliphatic rings. The highest BCUT2D eigenvalue weighted by Crippen LogP contribution is 1.98. The molecule has 1 heterocycles. The number of aromatic nitrogens is 2. The van der Waals surface area contributed by atoms with Crippen LogP contribution in [0.2, 0.25) is 0 Å². The lowest BCUT2D eigenvalue weighted by molar-refractivity contribution is -0.120. The molecule has 0 saturated carbocycles. The summed E-state index contributed by atoms with van der Waals surface area (Å²) in [5.74, 6) is 0.0650. The molecule has 0 fully saturated rings. The first-order chi connectivity index (χ1) is 7.61. The molecule has 90 valence electrons. The molecule has 6 heteroatoms. The van der Waals surface area contributed by atoms with Crippen LogP contribution in [0.3, 0.4) is 0 Å². The lowest BCUT2D eigenvalue weighted by Gasteiger charge is -2.15. The van der Waals surface area contributed by atoms with Gasteiger partial charge in [-0.05, 0) is 7.05 Å². The molecule has 0 bridgehead atoms. The minimum absolute atomic E-state index is 0.0650. The van der Waals surface area contributed by atoms with Gasteiger partial charge in [0.1, 0.15) is 0 Å². The predicted octanol–water partition coefficient (Wildman–Crippen LogP) is -0.467. The molecule has 0 spiro atoms. The summed E-state index contributed by atoms with van der Waals surface area (Å²) in [4.78, 5) is 13.1. The van der Waals surface area contributed by atoms with Crippen molar-refractivity contribution in [3.8, 4) is 0 Å². The van der Waals surface area contributed by atoms with Crippen LogP contribution in [0.15, 0.2) is 12.4 Å². The van der Waals surface area contributed by atoms with Crippen LogP contribution in [0.4, 0.5) is 5.69 Å². The standard InChI is InChI=1S/C10H19N5O/c1-12-10(16)3-4-14(2)5-6-15-8-9(11)7-13-15/h7-8H,3-6,11H2,1-2H3,(H,12,16). The van der Waals surface area contributed by atoms with E-state index in [0.717, 1.165) is 19.6 Å². The van der Waals surface area contributed by atoms with Crippen LogP contribution in [0.25, 0.3) is 0 Å². The van der Waals surface area contributed by atoms with E-state index in [9.17, 15) is 4.79 Å². The molecule has 1 rings (SSSR count). The number of hydrogen-bond acceptors (Lipinski definition) is 4. The second kappa shape index (κ2) is 6.12. The molecule has 0 atom stereocenters. The Morgan fingerprint density at radius 3 is 2.94 bits per heavy atom. The zero-order chi connectivity index (χ0) is 12.0. The second-order valence-electron chi connectivity index (χ2n) is 3.76. The molecule has 0 saturated heterocycles. The van der Waals surface area contributed by atoms with Crippen molar-refractivity contribution in [2.45, 2.75) is 13.0 Å². The molecule has 0 aliphatic heterocycles. The van der Waals surface area contributed by atoms with Gasteiger partial charge in [-0.1, -0.05) is 0 Å². The topological polar surface area (TPSA) is 76.2 Å². The van der Waals surface area contributed by atoms with E-state index in [1.165, 1.54) is 0 Å². The fourth-order valence-corrected chi connectivity index (χ4v) is 1.30. The Hall–Kier alpha value is -1.56. The highest BCUT2D eigenvalue weighted by molar-refractivity contribution is 5.75. The van der Waals surface area contributed by atoms with Gasteiger partial charge in [0.15, 0.2) is 0 Å². The Bertz CT molecular complexity index is 336. The number of nitrogens with one attached hydrogen (secondary N) is 1. The van der Waals surface area contributed by atoms with Gasteiger partial charge in [0.05, 0.1) is 18.4 Å². The van der Waals surface area contributed by atoms with Crippen LogP contribution < -0.4 is 11.1 Å². The Balaban J connectivity index is 2.19. The van der Waals surface area contributed by atoms with Crippen LogP contribution >= 0.6 is 0 Å². The highest BCUT2D eigenvalue weighted by Gasteiger charge is 2.03. The molecule has 0 aromatic carbocycles. The van der Waals surface area contributed by atoms with Crippen LogP contribution in [-0.4, -0.2) is 47.8 Å². The van der Waals surface area contributed by atoms with E-state index in [2.05, 4.69) is 15.3 Å². The number of nitrogen functional groups attached to an aromatic ring is 1. The highest BCUT2D eigenvalue weighted by atomic mass is 16.1. The summed E-state index contributed by atoms with van der Waals surface area (Å²) < 4.78 is 1.80. The maximum absolute atomic E-state index is 11.0. The summed E-state index contributed by atoms with van der Waals surface area (Å²) in [5.41, 5.74) is 6.23. The number of carbonyl (C=O) groups is 1. The maximum Gasteiger partial charge on any atom is 0.221 e. The Morgan fingerprint density at radius 2 is 2.38 bits per heavy atom. The third-order valence-corrected chi connectivity index (χ3v) is 2.36. The molecular weight excluding hydrogens is 206 g/mol. The monoisotopic (exact) mass is 225 g/mol. The first-order valence-electron chi connectivity index (χ1n) is 5.29. The minimum atomic E-state index is 0.0650. The van der Waals surface area contributed by atoms with Gasteiger partial charge in [0, 0.05) is 32.8 Å². The molecule has 0 radical (unpaired) electrons. The molecule has 1 amide bonds. The Labute approximate surface area is 95.4 Å². The van der Waals surface area contributed by atoms with Crippen LogP contribution in [-0.2, 0) is 11.3 Å². The minimum Gasteiger partial charge on any atom is -0.396 e. The zero-order valence-electron chi connectivity index (χ0n) is 9.81. The van der Waals surface area contributed by atoms with Gasteiger partial charge in [-0.3, -0.25) is 9.48 Å². The number of hydrogen-bond donors (Lipinski definition) is 2. The van der Waals surface area contributed by atoms with Crippen molar-refractivity contribution in [2.24, 2.45) is 0 Å². The zero-order valence-corrected chi connectivity index (χ0v) is 9.81. The van der Waals surface area contributed by atoms with Gasteiger partial charge < -0.3 is 16.0 Å². The molecule has 3 N–H and O–H groups in total. The Morgan fingerprint density at radius 1 is 1.62 bits per heavy atom. The van der Waals surface area contributed by atoms with Crippen molar-refractivity contribution in [3.05, 3.63) is 12.4 Å². The smallest absolute Gasteiger partial charge is 0.221 e. The molecule has 6 nitrogen and oxygen atoms in total. The third kappa shape index (κ3) is 4.31. The fraction of sp³-hybridized carbons (Fsp3) is 0.600. The van der Waals surface area contributed by atoms with Gasteiger partial charge in [-0.2, -0.15) is 5.10 Å². The molecule has 1 aromatic rings. The van der Waals surface area contributed by atoms with Crippen molar-refractivity contribution in [1.29, 1.82) is 0 Å². The van der Waals surface area contributed by atoms with Gasteiger partial charge >= 0.3 is 0 Å². The number of anilines is 1. The maximum atomic E-state index is 11.0. The SMILES string of the molecule is CNC(=O)CCN(C)CCn1cc(N)cn1. The fourth-order valence-electron chi connectivity index (χ4n) is 1.30. The molecule has 16 heavy (non-hydrogen) atoms. The van der Waals surface area contributed by atoms with Crippen molar-refractivity contribution in [1.82, 2.24) is 20.0 Å². The first kappa shape index (κ1) is 12.5. The van der Waals surface area contributed by atoms with E-state index in [0.29, 0.717) is 12.1 Å². The summed E-state index contributed by atoms with van der Waals surface area (Å²) >= 11 is 0. The number of amides is 1. The van der Waals surface area contributed by atoms with E-state index in [-0.39, 0.29) is 5.91 Å². The van der Waals surface area contributed by atoms with Crippen LogP contribution in [0.5, 0.6) is 0 Å². The summed E-state index contributed by atoms with van der Waals surface area (Å²) in [5, 5.41) is 6.68. The van der Waals surface area contributed by atoms with Crippen molar-refractivity contribution < 1.29 is 4.79 Å². The predicted molar refractivity (Wildman–Crippen MR) is 62.8 cm³/mol. The number of nitrogens with two attached hydrogens (primary N) is 1. The number of likely N-dealkylation sites (N-methyl/N-ethyl adjacent to an activating group) is 1. The average Bonchev–Trinajstić information content (AvgIpc) is 2.69. The lowest BCUT2D eigenvalue weighted by Crippen LogP contribution is -2.29. The molecule has 0 unspecified atom stereocenters. The van der Waals surface area contributed by atoms with E-state index < -0.39 is 0 Å². The van der Waals surface area contributed by atoms with Gasteiger partial charge in [-0.15, -0.1) is 0 Å². The second-order valence-corrected chi connectivity index (χ2v) is 3.76. The quantitative estimate of drug-likeness (QED) is 0.686. The lowest BCUT2D eigenvalue weighted by atomic mass is 10.3. The summed E-state index contributed by atoms with van der Waals surface area (Å²) in [7, 11) is 3.63. The van der Waals surface area contributed by atoms with E-state index in [1.807, 2.05) is 7.05 Å². The normalized spacial score (nSPS) is 10.7. The van der Waals surface area contributed by atoms with Crippen molar-refractivity contribution in [2.75, 3.05) is 32.9 Å². The summed E-state index contributed by atoms with van der Waals surface area (Å²) in [6, 6.07) is 0. The first-order valence-corrected chi connectivity index (χ1v) is 5.29. The average molecular weight is 225 g/mol. The largest absolute Gasteiger partial charge is 0.396 e. The molecular formula is C10H19N5O. The number of nitrogens with zero attached hydrogens (tertiary/aromatic N) is 3. The van der Waals surface area contributed by atoms with E-state index >= 15 is 0 Å². The van der Waals surface area contributed by atoms with Crippen LogP contribution in [0, 0.1) is 0 Å². The van der Waals surface area contributed by atoms with Gasteiger partial charge in [0.2, 0.25) is 5.91 Å². The Kier molecular flexibility index (Phi) is 4.78. The number of carbonyl (C=O) groups excluding carboxylic acids is 1. The number of rotatable bonds is 6. The van der Waals surface area contributed by atoms with E-state index in [1.54, 1.807) is 24.1 Å². The molecule has 1 aromatic heterocycles. The van der Waals surface area contributed by atoms with E-state index in [4.69, 9.17) is 5.73 Å². The van der Waals surface area contributed by atoms with Gasteiger partial charge in [-0.25, -0.2) is 0 Å². The van der Waals surface area contributed by atoms with Crippen LogP contribution in [0.1, 0.15) is 6.42 Å². The van der Waals surface area contributed by atoms with Crippen molar-refractivity contribution >= 4 is 11.6 Å². The van der Waals surface area contributed by atoms with Crippen molar-refractivity contribution in [3.63, 3.8) is 0 Å². The summed E-state index contributed by atoms with van der Waals surface area (Å²) in [6.45, 7) is 2.37. The molecule has 0 aliphatic carbocycles. The summed E-state index contributed by atoms with van der Waals surface area (Å²) in [6.07, 6.45) is 3.95.